The maximum Gasteiger partial charge on any atom is 0.337 e. The summed E-state index contributed by atoms with van der Waals surface area (Å²) in [4.78, 5) is 25.0. The van der Waals surface area contributed by atoms with Crippen molar-refractivity contribution < 1.29 is 28.5 Å². The minimum absolute atomic E-state index is 0.124. The molecule has 1 aliphatic heterocycles. The van der Waals surface area contributed by atoms with Crippen LogP contribution in [0.3, 0.4) is 0 Å². The van der Waals surface area contributed by atoms with Crippen LogP contribution in [0.2, 0.25) is 0 Å². The summed E-state index contributed by atoms with van der Waals surface area (Å²) in [7, 11) is 2.98. The van der Waals surface area contributed by atoms with Crippen LogP contribution in [-0.4, -0.2) is 66.0 Å². The van der Waals surface area contributed by atoms with Crippen LogP contribution in [0.4, 0.5) is 5.69 Å². The van der Waals surface area contributed by atoms with Gasteiger partial charge in [-0.25, -0.2) is 4.79 Å². The number of anilines is 1. The number of esters is 1. The summed E-state index contributed by atoms with van der Waals surface area (Å²) in [5.41, 5.74) is 1.35. The highest BCUT2D eigenvalue weighted by molar-refractivity contribution is 5.90. The fourth-order valence-electron chi connectivity index (χ4n) is 2.87. The van der Waals surface area contributed by atoms with Crippen LogP contribution in [0.15, 0.2) is 18.2 Å². The van der Waals surface area contributed by atoms with Crippen molar-refractivity contribution >= 4 is 17.9 Å². The summed E-state index contributed by atoms with van der Waals surface area (Å²) in [6.45, 7) is 7.40. The molecule has 1 aliphatic rings. The van der Waals surface area contributed by atoms with Gasteiger partial charge in [0, 0.05) is 26.1 Å². The highest BCUT2D eigenvalue weighted by Gasteiger charge is 2.22. The Kier molecular flexibility index (Phi) is 11.9. The molecule has 1 aromatic carbocycles. The summed E-state index contributed by atoms with van der Waals surface area (Å²) in [5, 5.41) is 0. The maximum atomic E-state index is 11.8. The van der Waals surface area contributed by atoms with Gasteiger partial charge in [-0.1, -0.05) is 13.8 Å². The molecule has 0 saturated carbocycles. The lowest BCUT2D eigenvalue weighted by molar-refractivity contribution is -0.111. The minimum Gasteiger partial charge on any atom is -0.489 e. The third kappa shape index (κ3) is 7.48. The number of hydrogen-bond donors (Lipinski definition) is 0. The topological polar surface area (TPSA) is 74.3 Å². The van der Waals surface area contributed by atoms with Gasteiger partial charge in [0.05, 0.1) is 38.2 Å². The Morgan fingerprint density at radius 3 is 2.39 bits per heavy atom. The molecule has 0 radical (unpaired) electrons. The number of rotatable bonds is 10. The Labute approximate surface area is 167 Å². The van der Waals surface area contributed by atoms with Crippen molar-refractivity contribution in [3.05, 3.63) is 23.8 Å². The molecule has 0 amide bonds. The molecule has 0 aromatic heterocycles. The van der Waals surface area contributed by atoms with E-state index in [4.69, 9.17) is 18.9 Å². The summed E-state index contributed by atoms with van der Waals surface area (Å²) in [5.74, 6) is 0.337. The molecule has 0 N–H and O–H groups in total. The summed E-state index contributed by atoms with van der Waals surface area (Å²) in [6.07, 6.45) is 2.68. The fourth-order valence-corrected chi connectivity index (χ4v) is 2.87. The highest BCUT2D eigenvalue weighted by Crippen LogP contribution is 2.32. The largest absolute Gasteiger partial charge is 0.489 e. The Morgan fingerprint density at radius 1 is 1.11 bits per heavy atom. The first-order valence-corrected chi connectivity index (χ1v) is 9.81. The lowest BCUT2D eigenvalue weighted by atomic mass is 9.98. The zero-order valence-corrected chi connectivity index (χ0v) is 17.4. The van der Waals surface area contributed by atoms with E-state index in [2.05, 4.69) is 4.90 Å². The van der Waals surface area contributed by atoms with Crippen molar-refractivity contribution in [2.45, 2.75) is 26.7 Å². The molecule has 0 aliphatic carbocycles. The normalized spacial score (nSPS) is 14.1. The first-order valence-electron chi connectivity index (χ1n) is 9.81. The van der Waals surface area contributed by atoms with Gasteiger partial charge in [-0.05, 0) is 31.0 Å². The molecule has 1 aromatic rings. The zero-order valence-electron chi connectivity index (χ0n) is 17.4. The van der Waals surface area contributed by atoms with Crippen molar-refractivity contribution in [3.8, 4) is 5.75 Å². The third-order valence-electron chi connectivity index (χ3n) is 4.37. The summed E-state index contributed by atoms with van der Waals surface area (Å²) < 4.78 is 21.0. The van der Waals surface area contributed by atoms with Gasteiger partial charge in [0.2, 0.25) is 0 Å². The predicted octanol–water partition coefficient (Wildman–Crippen LogP) is 2.96. The molecular weight excluding hydrogens is 362 g/mol. The van der Waals surface area contributed by atoms with E-state index in [1.165, 1.54) is 7.11 Å². The smallest absolute Gasteiger partial charge is 0.337 e. The Bertz CT molecular complexity index is 584. The lowest BCUT2D eigenvalue weighted by Gasteiger charge is -2.32. The molecular formula is C21H33NO6. The molecule has 1 saturated heterocycles. The van der Waals surface area contributed by atoms with Gasteiger partial charge < -0.3 is 28.6 Å². The standard InChI is InChI=1S/C19H27NO6.C2H6/c1-23-9-10-25-11-12-26-18-13-16(19(22)24-2)3-4-17(18)20-7-5-15(14-21)6-8-20;1-2/h3-4,13-15H,5-12H2,1-2H3;1-2H3. The number of ether oxygens (including phenoxy) is 4. The first kappa shape index (κ1) is 23.9. The van der Waals surface area contributed by atoms with Crippen LogP contribution in [0.1, 0.15) is 37.0 Å². The number of methoxy groups -OCH3 is 2. The van der Waals surface area contributed by atoms with Crippen molar-refractivity contribution in [1.29, 1.82) is 0 Å². The van der Waals surface area contributed by atoms with Crippen LogP contribution >= 0.6 is 0 Å². The average molecular weight is 395 g/mol. The van der Waals surface area contributed by atoms with E-state index in [1.54, 1.807) is 19.2 Å². The van der Waals surface area contributed by atoms with E-state index in [-0.39, 0.29) is 5.92 Å². The van der Waals surface area contributed by atoms with Crippen molar-refractivity contribution in [3.63, 3.8) is 0 Å². The van der Waals surface area contributed by atoms with Crippen molar-refractivity contribution in [2.24, 2.45) is 5.92 Å². The molecule has 2 rings (SSSR count). The van der Waals surface area contributed by atoms with Gasteiger partial charge in [-0.2, -0.15) is 0 Å². The van der Waals surface area contributed by atoms with Crippen LogP contribution < -0.4 is 9.64 Å². The second kappa shape index (κ2) is 14.0. The molecule has 158 valence electrons. The number of carbonyl (C=O) groups is 2. The molecule has 28 heavy (non-hydrogen) atoms. The van der Waals surface area contributed by atoms with Crippen LogP contribution in [0.25, 0.3) is 0 Å². The second-order valence-corrected chi connectivity index (χ2v) is 6.09. The molecule has 7 heteroatoms. The number of carbonyl (C=O) groups excluding carboxylic acids is 2. The van der Waals surface area contributed by atoms with Gasteiger partial charge in [-0.15, -0.1) is 0 Å². The average Bonchev–Trinajstić information content (AvgIpc) is 2.77. The lowest BCUT2D eigenvalue weighted by Crippen LogP contribution is -2.34. The third-order valence-corrected chi connectivity index (χ3v) is 4.37. The van der Waals surface area contributed by atoms with Crippen LogP contribution in [-0.2, 0) is 19.0 Å². The van der Waals surface area contributed by atoms with E-state index >= 15 is 0 Å². The van der Waals surface area contributed by atoms with Crippen LogP contribution in [0, 0.1) is 5.92 Å². The van der Waals surface area contributed by atoms with Gasteiger partial charge in [0.1, 0.15) is 18.6 Å². The number of piperidine rings is 1. The van der Waals surface area contributed by atoms with E-state index in [9.17, 15) is 9.59 Å². The molecule has 0 unspecified atom stereocenters. The molecule has 1 fully saturated rings. The van der Waals surface area contributed by atoms with E-state index in [0.29, 0.717) is 37.7 Å². The van der Waals surface area contributed by atoms with Gasteiger partial charge in [-0.3, -0.25) is 0 Å². The van der Waals surface area contributed by atoms with Crippen molar-refractivity contribution in [2.75, 3.05) is 58.6 Å². The van der Waals surface area contributed by atoms with Gasteiger partial charge in [0.15, 0.2) is 0 Å². The zero-order chi connectivity index (χ0) is 20.8. The fraction of sp³-hybridized carbons (Fsp3) is 0.619. The Hall–Kier alpha value is -2.12. The molecule has 0 bridgehead atoms. The Balaban J connectivity index is 0.00000190. The Morgan fingerprint density at radius 2 is 1.79 bits per heavy atom. The monoisotopic (exact) mass is 395 g/mol. The van der Waals surface area contributed by atoms with Crippen LogP contribution in [0.5, 0.6) is 5.75 Å². The van der Waals surface area contributed by atoms with Gasteiger partial charge in [0.25, 0.3) is 0 Å². The molecule has 0 spiro atoms. The number of aldehydes is 1. The SMILES string of the molecule is CC.COCCOCCOc1cc(C(=O)OC)ccc1N1CCC(C=O)CC1. The molecule has 7 nitrogen and oxygen atoms in total. The number of hydrogen-bond acceptors (Lipinski definition) is 7. The number of benzene rings is 1. The quantitative estimate of drug-likeness (QED) is 0.342. The van der Waals surface area contributed by atoms with E-state index in [1.807, 2.05) is 19.9 Å². The molecule has 1 heterocycles. The minimum atomic E-state index is -0.405. The van der Waals surface area contributed by atoms with Crippen molar-refractivity contribution in [1.82, 2.24) is 0 Å². The van der Waals surface area contributed by atoms with E-state index in [0.717, 1.165) is 37.9 Å². The summed E-state index contributed by atoms with van der Waals surface area (Å²) >= 11 is 0. The first-order chi connectivity index (χ1) is 13.7. The molecule has 0 atom stereocenters. The predicted molar refractivity (Wildman–Crippen MR) is 108 cm³/mol. The van der Waals surface area contributed by atoms with E-state index < -0.39 is 5.97 Å². The number of nitrogens with zero attached hydrogens (tertiary/aromatic N) is 1. The highest BCUT2D eigenvalue weighted by atomic mass is 16.5. The maximum absolute atomic E-state index is 11.8. The second-order valence-electron chi connectivity index (χ2n) is 6.09. The van der Waals surface area contributed by atoms with Gasteiger partial charge >= 0.3 is 5.97 Å². The summed E-state index contributed by atoms with van der Waals surface area (Å²) in [6, 6.07) is 5.30.